The molecule has 18 heavy (non-hydrogen) atoms. The summed E-state index contributed by atoms with van der Waals surface area (Å²) in [6.45, 7) is 4.45. The number of carboxylic acids is 1. The van der Waals surface area contributed by atoms with Crippen molar-refractivity contribution in [1.82, 2.24) is 0 Å². The van der Waals surface area contributed by atoms with Gasteiger partial charge in [0.25, 0.3) is 0 Å². The Kier molecular flexibility index (Phi) is 4.28. The number of aliphatic hydroxyl groups excluding tert-OH is 1. The van der Waals surface area contributed by atoms with Crippen LogP contribution in [-0.4, -0.2) is 35.0 Å². The van der Waals surface area contributed by atoms with Gasteiger partial charge in [-0.05, 0) is 50.4 Å². The largest absolute Gasteiger partial charge is 0.481 e. The highest BCUT2D eigenvalue weighted by Crippen LogP contribution is 2.43. The number of aliphatic carboxylic acids is 1. The van der Waals surface area contributed by atoms with Crippen molar-refractivity contribution in [2.45, 2.75) is 51.7 Å². The summed E-state index contributed by atoms with van der Waals surface area (Å²) in [6, 6.07) is 0. The van der Waals surface area contributed by atoms with Gasteiger partial charge in [0.1, 0.15) is 0 Å². The molecule has 2 N–H and O–H groups in total. The molecule has 0 radical (unpaired) electrons. The number of carboxylic acid groups (broad SMARTS) is 1. The summed E-state index contributed by atoms with van der Waals surface area (Å²) in [5.41, 5.74) is 0. The minimum Gasteiger partial charge on any atom is -0.481 e. The number of carbonyl (C=O) groups is 1. The zero-order chi connectivity index (χ0) is 13.3. The van der Waals surface area contributed by atoms with Gasteiger partial charge in [-0.25, -0.2) is 0 Å². The second-order valence-electron chi connectivity index (χ2n) is 5.98. The Morgan fingerprint density at radius 2 is 1.94 bits per heavy atom. The minimum atomic E-state index is -0.729. The fraction of sp³-hybridized carbons (Fsp3) is 0.929. The van der Waals surface area contributed by atoms with Crippen molar-refractivity contribution in [3.63, 3.8) is 0 Å². The third-order valence-corrected chi connectivity index (χ3v) is 4.90. The molecule has 0 aromatic heterocycles. The van der Waals surface area contributed by atoms with Gasteiger partial charge < -0.3 is 14.9 Å². The molecule has 0 aromatic rings. The van der Waals surface area contributed by atoms with Crippen molar-refractivity contribution in [3.05, 3.63) is 0 Å². The van der Waals surface area contributed by atoms with Gasteiger partial charge in [0.15, 0.2) is 0 Å². The molecule has 1 aliphatic carbocycles. The molecule has 4 heteroatoms. The summed E-state index contributed by atoms with van der Waals surface area (Å²) >= 11 is 0. The van der Waals surface area contributed by atoms with E-state index in [-0.39, 0.29) is 35.9 Å². The Balaban J connectivity index is 2.15. The molecule has 4 unspecified atom stereocenters. The zero-order valence-corrected chi connectivity index (χ0v) is 11.2. The molecule has 1 heterocycles. The van der Waals surface area contributed by atoms with E-state index >= 15 is 0 Å². The van der Waals surface area contributed by atoms with E-state index in [1.165, 1.54) is 0 Å². The van der Waals surface area contributed by atoms with Crippen molar-refractivity contribution >= 4 is 5.97 Å². The van der Waals surface area contributed by atoms with Crippen LogP contribution in [0, 0.1) is 23.7 Å². The second kappa shape index (κ2) is 5.57. The van der Waals surface area contributed by atoms with E-state index < -0.39 is 5.97 Å². The van der Waals surface area contributed by atoms with Gasteiger partial charge >= 0.3 is 5.97 Å². The standard InChI is InChI=1S/C14H24O4/c1-8-3-4-11-12(7-18-8)10(5-6-13(11)15)9(2)14(16)17/h8-13,15H,3-7H2,1-2H3,(H,16,17)/t8?,9-,10?,11?,12?,13+/m1/s1. The molecule has 4 nitrogen and oxygen atoms in total. The van der Waals surface area contributed by atoms with Gasteiger partial charge in [0.2, 0.25) is 0 Å². The van der Waals surface area contributed by atoms with Crippen LogP contribution in [0.4, 0.5) is 0 Å². The molecule has 6 atom stereocenters. The molecular formula is C14H24O4. The molecule has 2 rings (SSSR count). The van der Waals surface area contributed by atoms with Gasteiger partial charge in [-0.1, -0.05) is 6.92 Å². The average molecular weight is 256 g/mol. The lowest BCUT2D eigenvalue weighted by molar-refractivity contribution is -0.146. The summed E-state index contributed by atoms with van der Waals surface area (Å²) in [4.78, 5) is 11.2. The fourth-order valence-electron chi connectivity index (χ4n) is 3.64. The molecule has 104 valence electrons. The van der Waals surface area contributed by atoms with E-state index in [4.69, 9.17) is 4.74 Å². The van der Waals surface area contributed by atoms with Gasteiger partial charge in [-0.3, -0.25) is 4.79 Å². The maximum Gasteiger partial charge on any atom is 0.306 e. The van der Waals surface area contributed by atoms with Gasteiger partial charge in [0, 0.05) is 0 Å². The number of hydrogen-bond acceptors (Lipinski definition) is 3. The Labute approximate surface area is 108 Å². The lowest BCUT2D eigenvalue weighted by Gasteiger charge is -2.41. The van der Waals surface area contributed by atoms with Crippen LogP contribution in [0.2, 0.25) is 0 Å². The predicted molar refractivity (Wildman–Crippen MR) is 67.2 cm³/mol. The first-order valence-electron chi connectivity index (χ1n) is 7.03. The Morgan fingerprint density at radius 3 is 2.61 bits per heavy atom. The van der Waals surface area contributed by atoms with Gasteiger partial charge in [0.05, 0.1) is 24.7 Å². The van der Waals surface area contributed by atoms with Crippen LogP contribution >= 0.6 is 0 Å². The van der Waals surface area contributed by atoms with Crippen molar-refractivity contribution in [2.75, 3.05) is 6.61 Å². The predicted octanol–water partition coefficient (Wildman–Crippen LogP) is 1.91. The summed E-state index contributed by atoms with van der Waals surface area (Å²) in [7, 11) is 0. The van der Waals surface area contributed by atoms with E-state index in [0.717, 1.165) is 25.7 Å². The molecule has 0 spiro atoms. The van der Waals surface area contributed by atoms with Crippen LogP contribution in [0.15, 0.2) is 0 Å². The van der Waals surface area contributed by atoms with Gasteiger partial charge in [-0.2, -0.15) is 0 Å². The van der Waals surface area contributed by atoms with E-state index in [0.29, 0.717) is 6.61 Å². The summed E-state index contributed by atoms with van der Waals surface area (Å²) in [6.07, 6.45) is 3.40. The van der Waals surface area contributed by atoms with Gasteiger partial charge in [-0.15, -0.1) is 0 Å². The molecule has 0 aromatic carbocycles. The van der Waals surface area contributed by atoms with Crippen molar-refractivity contribution in [1.29, 1.82) is 0 Å². The van der Waals surface area contributed by atoms with Crippen LogP contribution < -0.4 is 0 Å². The molecule has 0 amide bonds. The fourth-order valence-corrected chi connectivity index (χ4v) is 3.64. The lowest BCUT2D eigenvalue weighted by Crippen LogP contribution is -2.43. The SMILES string of the molecule is CC1CCC2C(CO1)C([C@@H](C)C(=O)O)CC[C@@H]2O. The molecule has 0 bridgehead atoms. The van der Waals surface area contributed by atoms with E-state index in [2.05, 4.69) is 6.92 Å². The number of fused-ring (bicyclic) bond motifs is 1. The van der Waals surface area contributed by atoms with Crippen LogP contribution in [0.25, 0.3) is 0 Å². The van der Waals surface area contributed by atoms with E-state index in [9.17, 15) is 15.0 Å². The number of aliphatic hydroxyl groups is 1. The van der Waals surface area contributed by atoms with Crippen LogP contribution in [0.3, 0.4) is 0 Å². The molecule has 1 saturated carbocycles. The Bertz CT molecular complexity index is 304. The average Bonchev–Trinajstić information content (AvgIpc) is 2.52. The van der Waals surface area contributed by atoms with Crippen molar-refractivity contribution < 1.29 is 19.7 Å². The maximum absolute atomic E-state index is 11.2. The number of ether oxygens (including phenoxy) is 1. The highest BCUT2D eigenvalue weighted by atomic mass is 16.5. The molecule has 1 saturated heterocycles. The molecule has 1 aliphatic heterocycles. The van der Waals surface area contributed by atoms with E-state index in [1.54, 1.807) is 6.92 Å². The van der Waals surface area contributed by atoms with Crippen molar-refractivity contribution in [2.24, 2.45) is 23.7 Å². The van der Waals surface area contributed by atoms with E-state index in [1.807, 2.05) is 0 Å². The second-order valence-corrected chi connectivity index (χ2v) is 5.98. The zero-order valence-electron chi connectivity index (χ0n) is 11.2. The topological polar surface area (TPSA) is 66.8 Å². The third kappa shape index (κ3) is 2.69. The quantitative estimate of drug-likeness (QED) is 0.792. The Morgan fingerprint density at radius 1 is 1.22 bits per heavy atom. The minimum absolute atomic E-state index is 0.140. The Hall–Kier alpha value is -0.610. The molecule has 2 aliphatic rings. The highest BCUT2D eigenvalue weighted by Gasteiger charge is 2.43. The summed E-state index contributed by atoms with van der Waals surface area (Å²) in [5, 5.41) is 19.4. The van der Waals surface area contributed by atoms with Crippen LogP contribution in [0.1, 0.15) is 39.5 Å². The first-order valence-corrected chi connectivity index (χ1v) is 7.03. The smallest absolute Gasteiger partial charge is 0.306 e. The van der Waals surface area contributed by atoms with Crippen LogP contribution in [-0.2, 0) is 9.53 Å². The van der Waals surface area contributed by atoms with Crippen molar-refractivity contribution in [3.8, 4) is 0 Å². The molecular weight excluding hydrogens is 232 g/mol. The lowest BCUT2D eigenvalue weighted by atomic mass is 9.65. The third-order valence-electron chi connectivity index (χ3n) is 4.90. The summed E-state index contributed by atoms with van der Waals surface area (Å²) < 4.78 is 5.78. The first kappa shape index (κ1) is 13.8. The highest BCUT2D eigenvalue weighted by molar-refractivity contribution is 5.69. The van der Waals surface area contributed by atoms with Crippen LogP contribution in [0.5, 0.6) is 0 Å². The normalized spacial score (nSPS) is 42.7. The number of rotatable bonds is 2. The maximum atomic E-state index is 11.2. The number of hydrogen-bond donors (Lipinski definition) is 2. The monoisotopic (exact) mass is 256 g/mol. The first-order chi connectivity index (χ1) is 8.50. The summed E-state index contributed by atoms with van der Waals surface area (Å²) in [5.74, 6) is -0.518. The molecule has 2 fully saturated rings.